The van der Waals surface area contributed by atoms with Crippen LogP contribution in [0.15, 0.2) is 71.5 Å². The summed E-state index contributed by atoms with van der Waals surface area (Å²) < 4.78 is 7.37. The van der Waals surface area contributed by atoms with Crippen molar-refractivity contribution in [1.82, 2.24) is 19.7 Å². The highest BCUT2D eigenvalue weighted by molar-refractivity contribution is 7.98. The van der Waals surface area contributed by atoms with Crippen molar-refractivity contribution in [2.24, 2.45) is 0 Å². The van der Waals surface area contributed by atoms with Crippen molar-refractivity contribution < 1.29 is 4.74 Å². The Morgan fingerprint density at radius 3 is 2.78 bits per heavy atom. The zero-order valence-electron chi connectivity index (χ0n) is 14.6. The van der Waals surface area contributed by atoms with Gasteiger partial charge in [-0.3, -0.25) is 4.57 Å². The van der Waals surface area contributed by atoms with E-state index < -0.39 is 0 Å². The van der Waals surface area contributed by atoms with Crippen molar-refractivity contribution in [1.29, 1.82) is 0 Å². The van der Waals surface area contributed by atoms with Crippen LogP contribution < -0.4 is 10.1 Å². The van der Waals surface area contributed by atoms with Gasteiger partial charge in [-0.1, -0.05) is 42.1 Å². The number of thioether (sulfide) groups is 1. The van der Waals surface area contributed by atoms with Crippen LogP contribution >= 0.6 is 23.1 Å². The van der Waals surface area contributed by atoms with Crippen LogP contribution in [0.3, 0.4) is 0 Å². The Balaban J connectivity index is 1.45. The van der Waals surface area contributed by atoms with Crippen LogP contribution in [-0.4, -0.2) is 26.9 Å². The number of thiazole rings is 1. The third kappa shape index (κ3) is 4.12. The van der Waals surface area contributed by atoms with Crippen LogP contribution in [0.4, 0.5) is 10.8 Å². The number of methoxy groups -OCH3 is 1. The monoisotopic (exact) mass is 395 g/mol. The highest BCUT2D eigenvalue weighted by Gasteiger charge is 2.12. The smallest absolute Gasteiger partial charge is 0.196 e. The molecule has 4 rings (SSSR count). The summed E-state index contributed by atoms with van der Waals surface area (Å²) >= 11 is 3.18. The molecule has 4 aromatic rings. The quantitative estimate of drug-likeness (QED) is 0.455. The maximum atomic E-state index is 5.44. The fourth-order valence-corrected chi connectivity index (χ4v) is 4.18. The molecule has 0 radical (unpaired) electrons. The maximum Gasteiger partial charge on any atom is 0.196 e. The lowest BCUT2D eigenvalue weighted by Crippen LogP contribution is -1.98. The normalized spacial score (nSPS) is 10.7. The first kappa shape index (κ1) is 17.6. The molecule has 0 aliphatic carbocycles. The first-order valence-electron chi connectivity index (χ1n) is 8.26. The van der Waals surface area contributed by atoms with Crippen molar-refractivity contribution >= 4 is 33.9 Å². The molecule has 0 atom stereocenters. The van der Waals surface area contributed by atoms with Crippen LogP contribution in [0, 0.1) is 0 Å². The summed E-state index contributed by atoms with van der Waals surface area (Å²) in [6.45, 7) is 0. The van der Waals surface area contributed by atoms with Gasteiger partial charge in [0.25, 0.3) is 0 Å². The van der Waals surface area contributed by atoms with Gasteiger partial charge in [0, 0.05) is 16.8 Å². The average molecular weight is 396 g/mol. The predicted molar refractivity (Wildman–Crippen MR) is 109 cm³/mol. The number of nitrogens with zero attached hydrogens (tertiary/aromatic N) is 4. The lowest BCUT2D eigenvalue weighted by Gasteiger charge is -2.10. The number of hydrogen-bond donors (Lipinski definition) is 1. The van der Waals surface area contributed by atoms with Gasteiger partial charge in [-0.05, 0) is 24.3 Å². The van der Waals surface area contributed by atoms with Gasteiger partial charge in [-0.15, -0.1) is 21.5 Å². The zero-order chi connectivity index (χ0) is 18.5. The van der Waals surface area contributed by atoms with Gasteiger partial charge >= 0.3 is 0 Å². The lowest BCUT2D eigenvalue weighted by atomic mass is 10.3. The Morgan fingerprint density at radius 2 is 1.93 bits per heavy atom. The molecule has 0 spiro atoms. The van der Waals surface area contributed by atoms with Crippen molar-refractivity contribution in [3.63, 3.8) is 0 Å². The predicted octanol–water partition coefficient (Wildman–Crippen LogP) is 4.77. The molecule has 6 nitrogen and oxygen atoms in total. The first-order valence-corrected chi connectivity index (χ1v) is 10.1. The molecule has 0 aliphatic heterocycles. The van der Waals surface area contributed by atoms with Crippen molar-refractivity contribution in [3.05, 3.63) is 72.0 Å². The van der Waals surface area contributed by atoms with E-state index in [2.05, 4.69) is 25.9 Å². The minimum Gasteiger partial charge on any atom is -0.495 e. The minimum absolute atomic E-state index is 0.709. The molecule has 2 heterocycles. The van der Waals surface area contributed by atoms with E-state index in [4.69, 9.17) is 4.74 Å². The molecule has 0 fully saturated rings. The molecular weight excluding hydrogens is 378 g/mol. The van der Waals surface area contributed by atoms with Gasteiger partial charge in [0.2, 0.25) is 0 Å². The van der Waals surface area contributed by atoms with Crippen LogP contribution in [-0.2, 0) is 5.75 Å². The molecule has 8 heteroatoms. The van der Waals surface area contributed by atoms with Gasteiger partial charge in [0.05, 0.1) is 18.5 Å². The highest BCUT2D eigenvalue weighted by atomic mass is 32.2. The number of hydrogen-bond acceptors (Lipinski definition) is 7. The maximum absolute atomic E-state index is 5.44. The van der Waals surface area contributed by atoms with Crippen LogP contribution in [0.25, 0.3) is 5.69 Å². The number of nitrogens with one attached hydrogen (secondary N) is 1. The number of ether oxygens (including phenoxy) is 1. The summed E-state index contributed by atoms with van der Waals surface area (Å²) in [5.74, 6) is 1.49. The molecular formula is C19H17N5OS2. The number of rotatable bonds is 7. The number of para-hydroxylation sites is 3. The van der Waals surface area contributed by atoms with Gasteiger partial charge in [-0.2, -0.15) is 0 Å². The van der Waals surface area contributed by atoms with E-state index in [-0.39, 0.29) is 0 Å². The molecule has 0 saturated heterocycles. The second-order valence-corrected chi connectivity index (χ2v) is 7.38. The van der Waals surface area contributed by atoms with E-state index >= 15 is 0 Å². The third-order valence-corrected chi connectivity index (χ3v) is 5.57. The summed E-state index contributed by atoms with van der Waals surface area (Å²) in [4.78, 5) is 4.65. The Kier molecular flexibility index (Phi) is 5.36. The van der Waals surface area contributed by atoms with Crippen molar-refractivity contribution in [2.45, 2.75) is 10.9 Å². The Bertz CT molecular complexity index is 1020. The van der Waals surface area contributed by atoms with Crippen molar-refractivity contribution in [3.8, 4) is 11.4 Å². The summed E-state index contributed by atoms with van der Waals surface area (Å²) in [5.41, 5.74) is 2.94. The van der Waals surface area contributed by atoms with E-state index in [9.17, 15) is 0 Å². The van der Waals surface area contributed by atoms with E-state index in [1.807, 2.05) is 59.2 Å². The van der Waals surface area contributed by atoms with E-state index in [0.29, 0.717) is 5.75 Å². The van der Waals surface area contributed by atoms with Gasteiger partial charge in [0.15, 0.2) is 10.3 Å². The van der Waals surface area contributed by atoms with Crippen LogP contribution in [0.1, 0.15) is 5.69 Å². The van der Waals surface area contributed by atoms with E-state index in [1.54, 1.807) is 36.5 Å². The van der Waals surface area contributed by atoms with E-state index in [1.165, 1.54) is 0 Å². The minimum atomic E-state index is 0.709. The fourth-order valence-electron chi connectivity index (χ4n) is 2.53. The summed E-state index contributed by atoms with van der Waals surface area (Å²) in [6, 6.07) is 17.8. The van der Waals surface area contributed by atoms with Gasteiger partial charge in [-0.25, -0.2) is 4.98 Å². The largest absolute Gasteiger partial charge is 0.495 e. The molecule has 1 N–H and O–H groups in total. The second kappa shape index (κ2) is 8.24. The van der Waals surface area contributed by atoms with E-state index in [0.717, 1.165) is 33.1 Å². The number of benzene rings is 2. The number of anilines is 2. The van der Waals surface area contributed by atoms with Gasteiger partial charge in [0.1, 0.15) is 12.1 Å². The first-order chi connectivity index (χ1) is 13.3. The molecule has 136 valence electrons. The van der Waals surface area contributed by atoms with Crippen molar-refractivity contribution in [2.75, 3.05) is 12.4 Å². The Morgan fingerprint density at radius 1 is 1.11 bits per heavy atom. The topological polar surface area (TPSA) is 64.9 Å². The zero-order valence-corrected chi connectivity index (χ0v) is 16.2. The molecule has 2 aromatic carbocycles. The standard InChI is InChI=1S/C19H17N5OS2/c1-25-17-10-6-5-9-16(17)24-13-20-23-19(24)27-12-15-11-26-18(22-15)21-14-7-3-2-4-8-14/h2-11,13H,12H2,1H3,(H,21,22). The summed E-state index contributed by atoms with van der Waals surface area (Å²) in [7, 11) is 1.66. The number of aromatic nitrogens is 4. The summed E-state index contributed by atoms with van der Waals surface area (Å²) in [5, 5.41) is 15.3. The fraction of sp³-hybridized carbons (Fsp3) is 0.105. The molecule has 0 unspecified atom stereocenters. The Labute approximate surface area is 165 Å². The molecule has 2 aromatic heterocycles. The molecule has 27 heavy (non-hydrogen) atoms. The SMILES string of the molecule is COc1ccccc1-n1cnnc1SCc1csc(Nc2ccccc2)n1. The van der Waals surface area contributed by atoms with Crippen LogP contribution in [0.2, 0.25) is 0 Å². The lowest BCUT2D eigenvalue weighted by molar-refractivity contribution is 0.412. The highest BCUT2D eigenvalue weighted by Crippen LogP contribution is 2.29. The molecule has 0 amide bonds. The Hall–Kier alpha value is -2.84. The molecule has 0 saturated carbocycles. The molecule has 0 bridgehead atoms. The second-order valence-electron chi connectivity index (χ2n) is 5.58. The third-order valence-electron chi connectivity index (χ3n) is 3.79. The molecule has 0 aliphatic rings. The summed E-state index contributed by atoms with van der Waals surface area (Å²) in [6.07, 6.45) is 1.70. The van der Waals surface area contributed by atoms with Crippen LogP contribution in [0.5, 0.6) is 5.75 Å². The van der Waals surface area contributed by atoms with Gasteiger partial charge < -0.3 is 10.1 Å². The average Bonchev–Trinajstić information content (AvgIpc) is 3.36.